The molecule has 1 aliphatic heterocycles. The van der Waals surface area contributed by atoms with Gasteiger partial charge in [-0.15, -0.1) is 0 Å². The molecule has 0 spiro atoms. The summed E-state index contributed by atoms with van der Waals surface area (Å²) in [6, 6.07) is 0. The Kier molecular flexibility index (Phi) is 2.27. The fourth-order valence-corrected chi connectivity index (χ4v) is 3.29. The molecule has 0 radical (unpaired) electrons. The largest absolute Gasteiger partial charge is 0.369 e. The second kappa shape index (κ2) is 2.81. The molecule has 1 fully saturated rings. The highest BCUT2D eigenvalue weighted by Gasteiger charge is 2.50. The molecule has 70 valence electrons. The van der Waals surface area contributed by atoms with Crippen LogP contribution >= 0.6 is 0 Å². The van der Waals surface area contributed by atoms with Gasteiger partial charge >= 0.3 is 0 Å². The van der Waals surface area contributed by atoms with Gasteiger partial charge < -0.3 is 9.53 Å². The van der Waals surface area contributed by atoms with E-state index in [4.69, 9.17) is 4.74 Å². The number of hydrogen-bond acceptors (Lipinski definition) is 4. The van der Waals surface area contributed by atoms with Gasteiger partial charge in [0, 0.05) is 7.11 Å². The summed E-state index contributed by atoms with van der Waals surface area (Å²) < 4.78 is 27.5. The van der Waals surface area contributed by atoms with Gasteiger partial charge in [-0.3, -0.25) is 0 Å². The van der Waals surface area contributed by atoms with E-state index in [1.54, 1.807) is 0 Å². The number of carbonyl (C=O) groups excluding carboxylic acids is 1. The Labute approximate surface area is 71.8 Å². The normalized spacial score (nSPS) is 39.7. The number of aldehydes is 1. The Hall–Kier alpha value is -0.420. The minimum Gasteiger partial charge on any atom is -0.369 e. The molecule has 2 unspecified atom stereocenters. The molecule has 1 saturated heterocycles. The summed E-state index contributed by atoms with van der Waals surface area (Å²) in [4.78, 5) is 10.7. The molecule has 0 amide bonds. The van der Waals surface area contributed by atoms with Gasteiger partial charge in [0.2, 0.25) is 0 Å². The molecule has 0 N–H and O–H groups in total. The zero-order valence-corrected chi connectivity index (χ0v) is 7.93. The smallest absolute Gasteiger partial charge is 0.156 e. The van der Waals surface area contributed by atoms with Crippen LogP contribution < -0.4 is 0 Å². The van der Waals surface area contributed by atoms with Crippen LogP contribution in [0.15, 0.2) is 0 Å². The molecule has 0 aromatic carbocycles. The van der Waals surface area contributed by atoms with Crippen LogP contribution in [0.4, 0.5) is 0 Å². The first-order chi connectivity index (χ1) is 5.48. The molecule has 0 aliphatic carbocycles. The maximum absolute atomic E-state index is 11.3. The molecule has 4 nitrogen and oxygen atoms in total. The lowest BCUT2D eigenvalue weighted by Gasteiger charge is -2.23. The maximum atomic E-state index is 11.3. The van der Waals surface area contributed by atoms with Gasteiger partial charge in [0.1, 0.15) is 5.60 Å². The third kappa shape index (κ3) is 1.17. The van der Waals surface area contributed by atoms with Crippen molar-refractivity contribution in [3.05, 3.63) is 0 Å². The Bertz CT molecular complexity index is 282. The Morgan fingerprint density at radius 2 is 2.17 bits per heavy atom. The van der Waals surface area contributed by atoms with Crippen molar-refractivity contribution >= 4 is 16.1 Å². The van der Waals surface area contributed by atoms with E-state index in [1.807, 2.05) is 0 Å². The number of sulfone groups is 1. The van der Waals surface area contributed by atoms with Crippen LogP contribution in [-0.2, 0) is 19.4 Å². The van der Waals surface area contributed by atoms with E-state index < -0.39 is 20.7 Å². The second-order valence-corrected chi connectivity index (χ2v) is 5.48. The predicted molar refractivity (Wildman–Crippen MR) is 43.7 cm³/mol. The molecule has 5 heteroatoms. The van der Waals surface area contributed by atoms with Crippen LogP contribution in [0.3, 0.4) is 0 Å². The lowest BCUT2D eigenvalue weighted by atomic mass is 9.99. The van der Waals surface area contributed by atoms with E-state index in [-0.39, 0.29) is 12.2 Å². The number of rotatable bonds is 2. The van der Waals surface area contributed by atoms with E-state index in [0.29, 0.717) is 6.29 Å². The molecule has 0 bridgehead atoms. The molecular weight excluding hydrogens is 180 g/mol. The minimum absolute atomic E-state index is 0.0424. The van der Waals surface area contributed by atoms with Crippen LogP contribution in [0.25, 0.3) is 0 Å². The topological polar surface area (TPSA) is 60.4 Å². The molecule has 1 heterocycles. The van der Waals surface area contributed by atoms with Crippen molar-refractivity contribution in [1.29, 1.82) is 0 Å². The molecule has 2 atom stereocenters. The third-order valence-corrected chi connectivity index (χ3v) is 4.83. The van der Waals surface area contributed by atoms with Crippen molar-refractivity contribution in [2.45, 2.75) is 24.2 Å². The Balaban J connectivity index is 3.06. The van der Waals surface area contributed by atoms with Crippen LogP contribution in [0, 0.1) is 0 Å². The summed E-state index contributed by atoms with van der Waals surface area (Å²) in [5.74, 6) is 0.0424. The van der Waals surface area contributed by atoms with Crippen molar-refractivity contribution < 1.29 is 17.9 Å². The SMILES string of the molecule is COC1(C=O)CCS(=O)(=O)C1C. The van der Waals surface area contributed by atoms with Gasteiger partial charge in [0.25, 0.3) is 0 Å². The van der Waals surface area contributed by atoms with E-state index in [0.717, 1.165) is 0 Å². The van der Waals surface area contributed by atoms with Crippen LogP contribution in [-0.4, -0.2) is 38.4 Å². The Morgan fingerprint density at radius 1 is 1.58 bits per heavy atom. The average Bonchev–Trinajstić information content (AvgIpc) is 2.27. The number of hydrogen-bond donors (Lipinski definition) is 0. The first-order valence-electron chi connectivity index (χ1n) is 3.71. The van der Waals surface area contributed by atoms with E-state index in [9.17, 15) is 13.2 Å². The molecule has 0 aromatic rings. The zero-order valence-electron chi connectivity index (χ0n) is 7.11. The summed E-state index contributed by atoms with van der Waals surface area (Å²) in [5.41, 5.74) is -1.10. The summed E-state index contributed by atoms with van der Waals surface area (Å²) >= 11 is 0. The Morgan fingerprint density at radius 3 is 2.33 bits per heavy atom. The van der Waals surface area contributed by atoms with Gasteiger partial charge in [0.05, 0.1) is 11.0 Å². The third-order valence-electron chi connectivity index (χ3n) is 2.58. The van der Waals surface area contributed by atoms with Gasteiger partial charge in [-0.25, -0.2) is 8.42 Å². The summed E-state index contributed by atoms with van der Waals surface area (Å²) in [6.07, 6.45) is 0.874. The monoisotopic (exact) mass is 192 g/mol. The van der Waals surface area contributed by atoms with Crippen molar-refractivity contribution in [2.75, 3.05) is 12.9 Å². The van der Waals surface area contributed by atoms with Crippen LogP contribution in [0.5, 0.6) is 0 Å². The lowest BCUT2D eigenvalue weighted by molar-refractivity contribution is -0.126. The molecular formula is C7H12O4S. The van der Waals surface area contributed by atoms with Crippen molar-refractivity contribution in [2.24, 2.45) is 0 Å². The summed E-state index contributed by atoms with van der Waals surface area (Å²) in [6.45, 7) is 1.51. The highest BCUT2D eigenvalue weighted by Crippen LogP contribution is 2.31. The average molecular weight is 192 g/mol. The fourth-order valence-electron chi connectivity index (χ4n) is 1.46. The van der Waals surface area contributed by atoms with Crippen molar-refractivity contribution in [1.82, 2.24) is 0 Å². The molecule has 0 saturated carbocycles. The van der Waals surface area contributed by atoms with Crippen molar-refractivity contribution in [3.8, 4) is 0 Å². The molecule has 0 aromatic heterocycles. The molecule has 1 rings (SSSR count). The second-order valence-electron chi connectivity index (χ2n) is 3.04. The standard InChI is InChI=1S/C7H12O4S/c1-6-7(5-8,11-2)3-4-12(6,9)10/h5-6H,3-4H2,1-2H3. The number of methoxy groups -OCH3 is 1. The minimum atomic E-state index is -3.11. The zero-order chi connectivity index (χ0) is 9.41. The van der Waals surface area contributed by atoms with Gasteiger partial charge in [-0.05, 0) is 13.3 Å². The number of ether oxygens (including phenoxy) is 1. The predicted octanol–water partition coefficient (Wildman–Crippen LogP) is -0.222. The van der Waals surface area contributed by atoms with Crippen molar-refractivity contribution in [3.63, 3.8) is 0 Å². The maximum Gasteiger partial charge on any atom is 0.156 e. The van der Waals surface area contributed by atoms with Gasteiger partial charge in [-0.1, -0.05) is 0 Å². The quantitative estimate of drug-likeness (QED) is 0.567. The van der Waals surface area contributed by atoms with Crippen LogP contribution in [0.2, 0.25) is 0 Å². The van der Waals surface area contributed by atoms with Gasteiger partial charge in [-0.2, -0.15) is 0 Å². The molecule has 12 heavy (non-hydrogen) atoms. The van der Waals surface area contributed by atoms with Gasteiger partial charge in [0.15, 0.2) is 16.1 Å². The van der Waals surface area contributed by atoms with Crippen LogP contribution in [0.1, 0.15) is 13.3 Å². The fraction of sp³-hybridized carbons (Fsp3) is 0.857. The van der Waals surface area contributed by atoms with E-state index >= 15 is 0 Å². The lowest BCUT2D eigenvalue weighted by Crippen LogP contribution is -2.41. The first-order valence-corrected chi connectivity index (χ1v) is 5.43. The molecule has 1 aliphatic rings. The van der Waals surface area contributed by atoms with E-state index in [2.05, 4.69) is 0 Å². The summed E-state index contributed by atoms with van der Waals surface area (Å²) in [7, 11) is -1.75. The first kappa shape index (κ1) is 9.67. The van der Waals surface area contributed by atoms with E-state index in [1.165, 1.54) is 14.0 Å². The highest BCUT2D eigenvalue weighted by molar-refractivity contribution is 7.92. The summed E-state index contributed by atoms with van der Waals surface area (Å²) in [5, 5.41) is -0.715. The highest BCUT2D eigenvalue weighted by atomic mass is 32.2. The number of carbonyl (C=O) groups is 1.